The average Bonchev–Trinajstić information content (AvgIpc) is 2.93. The Morgan fingerprint density at radius 1 is 1.27 bits per heavy atom. The van der Waals surface area contributed by atoms with E-state index in [9.17, 15) is 14.4 Å². The number of halogens is 1. The van der Waals surface area contributed by atoms with Crippen molar-refractivity contribution in [3.63, 3.8) is 0 Å². The average molecular weight is 381 g/mol. The van der Waals surface area contributed by atoms with E-state index in [4.69, 9.17) is 5.73 Å². The van der Waals surface area contributed by atoms with Gasteiger partial charge in [0, 0.05) is 24.7 Å². The molecule has 0 saturated carbocycles. The van der Waals surface area contributed by atoms with E-state index in [1.807, 2.05) is 4.90 Å². The van der Waals surface area contributed by atoms with Crippen LogP contribution in [0.4, 0.5) is 4.79 Å². The predicted molar refractivity (Wildman–Crippen MR) is 99.9 cm³/mol. The summed E-state index contributed by atoms with van der Waals surface area (Å²) in [5.41, 5.74) is 7.26. The van der Waals surface area contributed by atoms with E-state index in [1.54, 1.807) is 24.3 Å². The van der Waals surface area contributed by atoms with Gasteiger partial charge >= 0.3 is 6.03 Å². The topological polar surface area (TPSA) is 95.7 Å². The molecular formula is C18H25ClN4O3. The number of hydrogen-bond acceptors (Lipinski definition) is 4. The summed E-state index contributed by atoms with van der Waals surface area (Å²) in [4.78, 5) is 39.0. The molecule has 0 bridgehead atoms. The number of amides is 4. The molecule has 0 aromatic heterocycles. The Kier molecular flexibility index (Phi) is 6.61. The van der Waals surface area contributed by atoms with Crippen LogP contribution in [-0.4, -0.2) is 53.3 Å². The van der Waals surface area contributed by atoms with Crippen molar-refractivity contribution in [2.75, 3.05) is 19.6 Å². The van der Waals surface area contributed by atoms with Gasteiger partial charge in [0.2, 0.25) is 5.91 Å². The van der Waals surface area contributed by atoms with Gasteiger partial charge in [-0.1, -0.05) is 19.1 Å². The first-order chi connectivity index (χ1) is 12.0. The van der Waals surface area contributed by atoms with Crippen molar-refractivity contribution in [1.82, 2.24) is 15.1 Å². The molecule has 2 aliphatic rings. The van der Waals surface area contributed by atoms with E-state index in [1.165, 1.54) is 4.90 Å². The minimum atomic E-state index is -0.377. The van der Waals surface area contributed by atoms with Crippen molar-refractivity contribution in [3.8, 4) is 0 Å². The summed E-state index contributed by atoms with van der Waals surface area (Å²) in [6.07, 6.45) is 1.93. The maximum Gasteiger partial charge on any atom is 0.324 e. The lowest BCUT2D eigenvalue weighted by Crippen LogP contribution is -2.49. The second kappa shape index (κ2) is 8.51. The zero-order chi connectivity index (χ0) is 18.0. The Hall–Kier alpha value is -2.12. The number of carbonyl (C=O) groups excluding carboxylic acids is 3. The number of piperidine rings is 1. The molecule has 2 fully saturated rings. The summed E-state index contributed by atoms with van der Waals surface area (Å²) in [5.74, 6) is 0.339. The van der Waals surface area contributed by atoms with Gasteiger partial charge in [-0.05, 0) is 36.5 Å². The lowest BCUT2D eigenvalue weighted by atomic mass is 9.92. The van der Waals surface area contributed by atoms with E-state index in [-0.39, 0.29) is 49.4 Å². The SMILES string of the molecule is CC1CCN(C(=O)c2ccc(CN3C(=O)CNC3=O)cc2)C(CN)C1.Cl. The van der Waals surface area contributed by atoms with Gasteiger partial charge in [-0.25, -0.2) is 4.79 Å². The standard InChI is InChI=1S/C18H24N4O3.ClH/c1-12-6-7-21(15(8-12)9-19)17(24)14-4-2-13(3-5-14)11-22-16(23)10-20-18(22)25;/h2-5,12,15H,6-11,19H2,1H3,(H,20,25);1H. The summed E-state index contributed by atoms with van der Waals surface area (Å²) in [6.45, 7) is 3.65. The van der Waals surface area contributed by atoms with E-state index in [0.717, 1.165) is 24.9 Å². The second-order valence-corrected chi connectivity index (χ2v) is 6.85. The maximum atomic E-state index is 12.8. The molecule has 0 spiro atoms. The van der Waals surface area contributed by atoms with Gasteiger partial charge < -0.3 is 16.0 Å². The largest absolute Gasteiger partial charge is 0.334 e. The highest BCUT2D eigenvalue weighted by molar-refractivity contribution is 6.01. The second-order valence-electron chi connectivity index (χ2n) is 6.85. The lowest BCUT2D eigenvalue weighted by Gasteiger charge is -2.38. The molecule has 1 aromatic carbocycles. The van der Waals surface area contributed by atoms with Crippen LogP contribution in [0.2, 0.25) is 0 Å². The zero-order valence-electron chi connectivity index (χ0n) is 14.8. The summed E-state index contributed by atoms with van der Waals surface area (Å²) in [7, 11) is 0. The lowest BCUT2D eigenvalue weighted by molar-refractivity contribution is -0.125. The van der Waals surface area contributed by atoms with Crippen LogP contribution in [0.15, 0.2) is 24.3 Å². The van der Waals surface area contributed by atoms with Gasteiger partial charge in [-0.2, -0.15) is 0 Å². The van der Waals surface area contributed by atoms with Crippen molar-refractivity contribution < 1.29 is 14.4 Å². The Morgan fingerprint density at radius 2 is 1.96 bits per heavy atom. The van der Waals surface area contributed by atoms with Crippen LogP contribution in [0.5, 0.6) is 0 Å². The van der Waals surface area contributed by atoms with Gasteiger partial charge in [0.1, 0.15) is 0 Å². The zero-order valence-corrected chi connectivity index (χ0v) is 15.6. The van der Waals surface area contributed by atoms with Crippen LogP contribution in [0, 0.1) is 5.92 Å². The number of nitrogens with two attached hydrogens (primary N) is 1. The Balaban J connectivity index is 0.00000243. The Labute approximate surface area is 159 Å². The Bertz CT molecular complexity index is 664. The van der Waals surface area contributed by atoms with E-state index < -0.39 is 0 Å². The number of nitrogens with zero attached hydrogens (tertiary/aromatic N) is 2. The molecule has 0 radical (unpaired) electrons. The first-order valence-corrected chi connectivity index (χ1v) is 8.67. The van der Waals surface area contributed by atoms with E-state index >= 15 is 0 Å². The van der Waals surface area contributed by atoms with Crippen LogP contribution in [-0.2, 0) is 11.3 Å². The molecule has 2 saturated heterocycles. The van der Waals surface area contributed by atoms with Crippen LogP contribution >= 0.6 is 12.4 Å². The highest BCUT2D eigenvalue weighted by Gasteiger charge is 2.30. The number of carbonyl (C=O) groups is 3. The summed E-state index contributed by atoms with van der Waals surface area (Å²) >= 11 is 0. The molecule has 1 aromatic rings. The third-order valence-electron chi connectivity index (χ3n) is 4.99. The number of rotatable bonds is 4. The number of hydrogen-bond donors (Lipinski definition) is 2. The van der Waals surface area contributed by atoms with Crippen molar-refractivity contribution in [2.24, 2.45) is 11.7 Å². The molecule has 7 nitrogen and oxygen atoms in total. The minimum absolute atomic E-state index is 0. The molecule has 2 atom stereocenters. The quantitative estimate of drug-likeness (QED) is 0.771. The van der Waals surface area contributed by atoms with Crippen LogP contribution < -0.4 is 11.1 Å². The first kappa shape index (κ1) is 20.2. The monoisotopic (exact) mass is 380 g/mol. The van der Waals surface area contributed by atoms with Gasteiger partial charge in [0.15, 0.2) is 0 Å². The highest BCUT2D eigenvalue weighted by atomic mass is 35.5. The fourth-order valence-corrected chi connectivity index (χ4v) is 3.46. The predicted octanol–water partition coefficient (Wildman–Crippen LogP) is 1.36. The molecule has 0 aliphatic carbocycles. The number of benzene rings is 1. The Morgan fingerprint density at radius 3 is 2.54 bits per heavy atom. The molecule has 3 rings (SSSR count). The molecule has 2 aliphatic heterocycles. The maximum absolute atomic E-state index is 12.8. The fraction of sp³-hybridized carbons (Fsp3) is 0.500. The molecule has 4 amide bonds. The number of urea groups is 1. The summed E-state index contributed by atoms with van der Waals surface area (Å²) in [5, 5.41) is 2.49. The van der Waals surface area contributed by atoms with Crippen molar-refractivity contribution >= 4 is 30.3 Å². The van der Waals surface area contributed by atoms with Crippen LogP contribution in [0.3, 0.4) is 0 Å². The first-order valence-electron chi connectivity index (χ1n) is 8.67. The molecule has 142 valence electrons. The number of imide groups is 1. The van der Waals surface area contributed by atoms with Crippen molar-refractivity contribution in [1.29, 1.82) is 0 Å². The van der Waals surface area contributed by atoms with E-state index in [0.29, 0.717) is 18.0 Å². The number of likely N-dealkylation sites (tertiary alicyclic amines) is 1. The molecule has 8 heteroatoms. The third kappa shape index (κ3) is 4.16. The van der Waals surface area contributed by atoms with Crippen molar-refractivity contribution in [2.45, 2.75) is 32.4 Å². The summed E-state index contributed by atoms with van der Waals surface area (Å²) < 4.78 is 0. The van der Waals surface area contributed by atoms with Crippen LogP contribution in [0.1, 0.15) is 35.7 Å². The van der Waals surface area contributed by atoms with Gasteiger partial charge in [0.05, 0.1) is 13.1 Å². The van der Waals surface area contributed by atoms with Crippen molar-refractivity contribution in [3.05, 3.63) is 35.4 Å². The van der Waals surface area contributed by atoms with Gasteiger partial charge in [-0.15, -0.1) is 12.4 Å². The molecule has 3 N–H and O–H groups in total. The highest BCUT2D eigenvalue weighted by Crippen LogP contribution is 2.24. The molecule has 2 unspecified atom stereocenters. The normalized spacial score (nSPS) is 22.8. The third-order valence-corrected chi connectivity index (χ3v) is 4.99. The molecule has 26 heavy (non-hydrogen) atoms. The minimum Gasteiger partial charge on any atom is -0.334 e. The molecular weight excluding hydrogens is 356 g/mol. The fourth-order valence-electron chi connectivity index (χ4n) is 3.46. The molecule has 2 heterocycles. The van der Waals surface area contributed by atoms with Crippen LogP contribution in [0.25, 0.3) is 0 Å². The number of nitrogens with one attached hydrogen (secondary N) is 1. The van der Waals surface area contributed by atoms with Gasteiger partial charge in [-0.3, -0.25) is 14.5 Å². The summed E-state index contributed by atoms with van der Waals surface area (Å²) in [6, 6.07) is 6.79. The van der Waals surface area contributed by atoms with E-state index in [2.05, 4.69) is 12.2 Å². The smallest absolute Gasteiger partial charge is 0.324 e. The van der Waals surface area contributed by atoms with Gasteiger partial charge in [0.25, 0.3) is 5.91 Å².